The summed E-state index contributed by atoms with van der Waals surface area (Å²) in [4.78, 5) is 28.4. The number of ether oxygens (including phenoxy) is 2. The van der Waals surface area contributed by atoms with Gasteiger partial charge in [0.25, 0.3) is 5.78 Å². The van der Waals surface area contributed by atoms with E-state index >= 15 is 0 Å². The molecule has 222 valence electrons. The molecule has 0 saturated carbocycles. The Balaban J connectivity index is 1.57. The Labute approximate surface area is 271 Å². The fourth-order valence-corrected chi connectivity index (χ4v) is 7.03. The van der Waals surface area contributed by atoms with Crippen molar-refractivity contribution in [3.63, 3.8) is 0 Å². The minimum absolute atomic E-state index is 0.101. The molecule has 0 bridgehead atoms. The summed E-state index contributed by atoms with van der Waals surface area (Å²) >= 11 is 20.9. The first-order valence-electron chi connectivity index (χ1n) is 13.1. The highest BCUT2D eigenvalue weighted by molar-refractivity contribution is 8.00. The quantitative estimate of drug-likeness (QED) is 0.0590. The van der Waals surface area contributed by atoms with Gasteiger partial charge in [0.05, 0.1) is 24.8 Å². The summed E-state index contributed by atoms with van der Waals surface area (Å²) in [5.41, 5.74) is 1.60. The van der Waals surface area contributed by atoms with E-state index in [9.17, 15) is 14.7 Å². The van der Waals surface area contributed by atoms with Gasteiger partial charge in [-0.15, -0.1) is 10.2 Å². The smallest absolute Gasteiger partial charge is 0.301 e. The van der Waals surface area contributed by atoms with Crippen molar-refractivity contribution in [2.45, 2.75) is 30.0 Å². The molecule has 1 N–H and O–H groups in total. The van der Waals surface area contributed by atoms with Crippen LogP contribution in [-0.4, -0.2) is 40.2 Å². The maximum absolute atomic E-state index is 13.6. The fraction of sp³-hybridized carbons (Fsp3) is 0.200. The summed E-state index contributed by atoms with van der Waals surface area (Å²) in [6.07, 6.45) is 0. The van der Waals surface area contributed by atoms with Crippen molar-refractivity contribution in [1.82, 2.24) is 10.2 Å². The maximum atomic E-state index is 13.6. The van der Waals surface area contributed by atoms with Crippen LogP contribution in [0.25, 0.3) is 5.76 Å². The Bertz CT molecular complexity index is 1710. The molecular weight excluding hydrogens is 653 g/mol. The van der Waals surface area contributed by atoms with Crippen molar-refractivity contribution >= 4 is 80.5 Å². The highest BCUT2D eigenvalue weighted by Crippen LogP contribution is 2.46. The van der Waals surface area contributed by atoms with Crippen molar-refractivity contribution in [2.24, 2.45) is 0 Å². The Hall–Kier alpha value is -3.28. The molecule has 2 heterocycles. The number of anilines is 1. The van der Waals surface area contributed by atoms with E-state index in [1.165, 1.54) is 16.7 Å². The van der Waals surface area contributed by atoms with Crippen LogP contribution >= 0.6 is 57.9 Å². The maximum Gasteiger partial charge on any atom is 0.301 e. The molecule has 4 aromatic rings. The number of amides is 1. The van der Waals surface area contributed by atoms with E-state index in [1.807, 2.05) is 19.9 Å². The number of carbonyl (C=O) groups excluding carboxylic acids is 2. The van der Waals surface area contributed by atoms with E-state index in [0.29, 0.717) is 61.0 Å². The van der Waals surface area contributed by atoms with Gasteiger partial charge in [0.15, 0.2) is 15.8 Å². The number of thioether (sulfide) groups is 1. The molecule has 1 fully saturated rings. The first-order chi connectivity index (χ1) is 20.7. The second-order valence-electron chi connectivity index (χ2n) is 9.12. The van der Waals surface area contributed by atoms with Crippen molar-refractivity contribution < 1.29 is 24.2 Å². The predicted molar refractivity (Wildman–Crippen MR) is 171 cm³/mol. The normalized spacial score (nSPS) is 16.1. The third-order valence-electron chi connectivity index (χ3n) is 6.41. The average molecular weight is 677 g/mol. The predicted octanol–water partition coefficient (Wildman–Crippen LogP) is 8.21. The highest BCUT2D eigenvalue weighted by Gasteiger charge is 2.48. The number of Topliss-reactive ketones (excluding diaryl/α,β-unsaturated/α-hetero) is 1. The van der Waals surface area contributed by atoms with Crippen molar-refractivity contribution in [3.05, 3.63) is 98.0 Å². The van der Waals surface area contributed by atoms with Gasteiger partial charge >= 0.3 is 5.91 Å². The summed E-state index contributed by atoms with van der Waals surface area (Å²) in [6, 6.07) is 15.7. The number of ketones is 1. The number of rotatable bonds is 10. The number of hydrogen-bond acceptors (Lipinski definition) is 9. The third-order valence-corrected chi connectivity index (χ3v) is 9.36. The van der Waals surface area contributed by atoms with E-state index in [1.54, 1.807) is 54.6 Å². The second-order valence-corrected chi connectivity index (χ2v) is 12.6. The molecule has 1 amide bonds. The zero-order valence-corrected chi connectivity index (χ0v) is 26.7. The van der Waals surface area contributed by atoms with Gasteiger partial charge in [-0.1, -0.05) is 70.0 Å². The first kappa shape index (κ1) is 31.2. The van der Waals surface area contributed by atoms with Gasteiger partial charge in [0, 0.05) is 26.4 Å². The number of benzene rings is 3. The van der Waals surface area contributed by atoms with Crippen LogP contribution in [0.2, 0.25) is 15.1 Å². The van der Waals surface area contributed by atoms with Crippen molar-refractivity contribution in [2.75, 3.05) is 18.1 Å². The highest BCUT2D eigenvalue weighted by atomic mass is 35.5. The average Bonchev–Trinajstić information content (AvgIpc) is 3.55. The lowest BCUT2D eigenvalue weighted by molar-refractivity contribution is -0.132. The summed E-state index contributed by atoms with van der Waals surface area (Å²) in [6.45, 7) is 4.48. The van der Waals surface area contributed by atoms with Gasteiger partial charge in [-0.05, 0) is 73.5 Å². The van der Waals surface area contributed by atoms with Crippen LogP contribution < -0.4 is 14.4 Å². The molecule has 1 unspecified atom stereocenters. The van der Waals surface area contributed by atoms with Crippen molar-refractivity contribution in [3.8, 4) is 11.5 Å². The largest absolute Gasteiger partial charge is 0.507 e. The zero-order chi connectivity index (χ0) is 30.7. The molecule has 5 rings (SSSR count). The summed E-state index contributed by atoms with van der Waals surface area (Å²) in [5.74, 6) is -0.612. The minimum atomic E-state index is -1.03. The first-order valence-corrected chi connectivity index (χ1v) is 16.0. The van der Waals surface area contributed by atoms with E-state index in [2.05, 4.69) is 10.2 Å². The lowest BCUT2D eigenvalue weighted by Gasteiger charge is -2.23. The zero-order valence-electron chi connectivity index (χ0n) is 22.8. The fourth-order valence-electron chi connectivity index (χ4n) is 4.48. The number of carbonyl (C=O) groups is 2. The van der Waals surface area contributed by atoms with Crippen LogP contribution in [0.4, 0.5) is 5.13 Å². The molecule has 8 nitrogen and oxygen atoms in total. The van der Waals surface area contributed by atoms with E-state index in [4.69, 9.17) is 44.3 Å². The van der Waals surface area contributed by atoms with Crippen LogP contribution in [0, 0.1) is 0 Å². The van der Waals surface area contributed by atoms with Crippen LogP contribution in [0.1, 0.15) is 36.6 Å². The Morgan fingerprint density at radius 3 is 2.33 bits per heavy atom. The van der Waals surface area contributed by atoms with Crippen LogP contribution in [0.5, 0.6) is 11.5 Å². The molecule has 43 heavy (non-hydrogen) atoms. The van der Waals surface area contributed by atoms with Gasteiger partial charge in [-0.2, -0.15) is 0 Å². The number of aromatic nitrogens is 2. The number of aliphatic hydroxyl groups excluding tert-OH is 1. The number of aliphatic hydroxyl groups is 1. The van der Waals surface area contributed by atoms with Gasteiger partial charge in [0.1, 0.15) is 5.76 Å². The minimum Gasteiger partial charge on any atom is -0.507 e. The Kier molecular flexibility index (Phi) is 9.83. The SMILES string of the molecule is CCOc1ccc(C2/C(=C(\O)c3ccc(Cl)cc3)C(=O)C(=O)N2c2nnc(SCc3ccc(Cl)cc3Cl)s2)cc1OCC. The summed E-state index contributed by atoms with van der Waals surface area (Å²) < 4.78 is 12.1. The van der Waals surface area contributed by atoms with Crippen LogP contribution in [-0.2, 0) is 15.3 Å². The van der Waals surface area contributed by atoms with E-state index in [0.717, 1.165) is 16.9 Å². The lowest BCUT2D eigenvalue weighted by atomic mass is 9.95. The molecule has 0 aliphatic carbocycles. The Morgan fingerprint density at radius 1 is 0.930 bits per heavy atom. The topological polar surface area (TPSA) is 102 Å². The monoisotopic (exact) mass is 675 g/mol. The van der Waals surface area contributed by atoms with Crippen LogP contribution in [0.3, 0.4) is 0 Å². The van der Waals surface area contributed by atoms with Gasteiger partial charge < -0.3 is 14.6 Å². The molecule has 1 aliphatic rings. The van der Waals surface area contributed by atoms with Crippen molar-refractivity contribution in [1.29, 1.82) is 0 Å². The molecule has 3 aromatic carbocycles. The molecule has 13 heteroatoms. The molecule has 1 aliphatic heterocycles. The molecule has 0 spiro atoms. The van der Waals surface area contributed by atoms with Gasteiger partial charge in [-0.3, -0.25) is 14.5 Å². The summed E-state index contributed by atoms with van der Waals surface area (Å²) in [5, 5.41) is 21.6. The number of halogens is 3. The van der Waals surface area contributed by atoms with E-state index in [-0.39, 0.29) is 16.5 Å². The van der Waals surface area contributed by atoms with Crippen LogP contribution in [0.15, 0.2) is 70.6 Å². The lowest BCUT2D eigenvalue weighted by Crippen LogP contribution is -2.29. The van der Waals surface area contributed by atoms with Gasteiger partial charge in [0.2, 0.25) is 5.13 Å². The molecule has 1 saturated heterocycles. The standard InChI is InChI=1S/C30H24Cl3N3O5S2/c1-3-40-22-12-8-17(13-23(22)41-4-2)25-24(26(37)16-5-9-19(31)10-6-16)27(38)28(39)36(25)29-34-35-30(43-29)42-15-18-7-11-20(32)14-21(18)33/h5-14,25,37H,3-4,15H2,1-2H3/b26-24+. The summed E-state index contributed by atoms with van der Waals surface area (Å²) in [7, 11) is 0. The molecule has 1 atom stereocenters. The third kappa shape index (κ3) is 6.63. The second kappa shape index (κ2) is 13.6. The molecule has 1 aromatic heterocycles. The van der Waals surface area contributed by atoms with Gasteiger partial charge in [-0.25, -0.2) is 0 Å². The van der Waals surface area contributed by atoms with E-state index < -0.39 is 17.7 Å². The molecular formula is C30H24Cl3N3O5S2. The molecule has 0 radical (unpaired) electrons. The Morgan fingerprint density at radius 2 is 1.63 bits per heavy atom. The number of nitrogens with zero attached hydrogens (tertiary/aromatic N) is 3. The number of hydrogen-bond donors (Lipinski definition) is 1.